The van der Waals surface area contributed by atoms with Crippen LogP contribution >= 0.6 is 11.8 Å². The van der Waals surface area contributed by atoms with E-state index >= 15 is 0 Å². The van der Waals surface area contributed by atoms with Gasteiger partial charge < -0.3 is 0 Å². The first-order valence-electron chi connectivity index (χ1n) is 6.58. The van der Waals surface area contributed by atoms with Crippen LogP contribution in [0.25, 0.3) is 11.0 Å². The summed E-state index contributed by atoms with van der Waals surface area (Å²) in [6.07, 6.45) is 5.49. The quantitative estimate of drug-likeness (QED) is 0.753. The third kappa shape index (κ3) is 2.75. The molecule has 0 amide bonds. The average molecular weight is 352 g/mol. The van der Waals surface area contributed by atoms with E-state index in [1.807, 2.05) is 6.20 Å². The Balaban J connectivity index is 1.76. The number of aliphatic hydroxyl groups excluding tert-OH is 1. The zero-order valence-corrected chi connectivity index (χ0v) is 14.0. The first-order chi connectivity index (χ1) is 9.69. The Morgan fingerprint density at radius 2 is 2.35 bits per heavy atom. The maximum atomic E-state index is 10.1. The summed E-state index contributed by atoms with van der Waals surface area (Å²) in [5.74, 6) is 1.40. The number of hydrogen-bond donors (Lipinski definition) is 2. The first-order valence-corrected chi connectivity index (χ1v) is 8.91. The van der Waals surface area contributed by atoms with Gasteiger partial charge in [0.2, 0.25) is 0 Å². The summed E-state index contributed by atoms with van der Waals surface area (Å²) in [6.45, 7) is 2.53. The van der Waals surface area contributed by atoms with Crippen LogP contribution < -0.4 is 4.48 Å². The fourth-order valence-electron chi connectivity index (χ4n) is 2.79. The van der Waals surface area contributed by atoms with E-state index in [0.717, 1.165) is 40.9 Å². The SMILES string of the molecule is CSC[C@H]1CN(Cc2c[nH]c3c([As])ncnc23)C[C@@H]1O. The zero-order chi connectivity index (χ0) is 14.1. The molecule has 0 aliphatic carbocycles. The summed E-state index contributed by atoms with van der Waals surface area (Å²) in [7, 11) is 0. The van der Waals surface area contributed by atoms with E-state index in [-0.39, 0.29) is 6.10 Å². The minimum absolute atomic E-state index is 0.208. The van der Waals surface area contributed by atoms with Crippen molar-refractivity contribution >= 4 is 44.1 Å². The normalized spacial score (nSPS) is 23.8. The molecule has 2 radical (unpaired) electrons. The molecular weight excluding hydrogens is 335 g/mol. The van der Waals surface area contributed by atoms with E-state index in [1.54, 1.807) is 18.1 Å². The summed E-state index contributed by atoms with van der Waals surface area (Å²) in [5.41, 5.74) is 3.15. The molecule has 1 saturated heterocycles. The van der Waals surface area contributed by atoms with Gasteiger partial charge in [-0.1, -0.05) is 0 Å². The molecule has 2 aromatic heterocycles. The van der Waals surface area contributed by atoms with Crippen molar-refractivity contribution in [1.82, 2.24) is 19.9 Å². The molecule has 20 heavy (non-hydrogen) atoms. The molecule has 1 aliphatic heterocycles. The van der Waals surface area contributed by atoms with Gasteiger partial charge >= 0.3 is 131 Å². The monoisotopic (exact) mass is 352 g/mol. The Labute approximate surface area is 131 Å². The number of hydrogen-bond acceptors (Lipinski definition) is 5. The Kier molecular flexibility index (Phi) is 4.36. The Hall–Kier alpha value is -0.552. The number of H-pyrrole nitrogens is 1. The third-order valence-electron chi connectivity index (χ3n) is 3.78. The van der Waals surface area contributed by atoms with Crippen molar-refractivity contribution in [2.24, 2.45) is 5.92 Å². The Bertz CT molecular complexity index is 605. The van der Waals surface area contributed by atoms with Gasteiger partial charge in [-0.3, -0.25) is 0 Å². The number of fused-ring (bicyclic) bond motifs is 1. The molecular formula is C13H17AsN4OS. The minimum atomic E-state index is -0.208. The maximum absolute atomic E-state index is 10.1. The molecule has 2 aromatic rings. The van der Waals surface area contributed by atoms with Gasteiger partial charge in [0.15, 0.2) is 0 Å². The second kappa shape index (κ2) is 6.06. The fourth-order valence-corrected chi connectivity index (χ4v) is 4.01. The molecule has 0 spiro atoms. The number of aliphatic hydroxyl groups is 1. The molecule has 5 nitrogen and oxygen atoms in total. The molecule has 2 atom stereocenters. The van der Waals surface area contributed by atoms with Crippen LogP contribution in [0.15, 0.2) is 12.5 Å². The number of rotatable bonds is 4. The van der Waals surface area contributed by atoms with Crippen molar-refractivity contribution in [1.29, 1.82) is 0 Å². The Morgan fingerprint density at radius 3 is 3.15 bits per heavy atom. The molecule has 106 valence electrons. The van der Waals surface area contributed by atoms with E-state index in [1.165, 1.54) is 5.56 Å². The number of likely N-dealkylation sites (tertiary alicyclic amines) is 1. The molecule has 0 unspecified atom stereocenters. The molecule has 1 aliphatic rings. The number of aromatic amines is 1. The topological polar surface area (TPSA) is 65.0 Å². The van der Waals surface area contributed by atoms with Gasteiger partial charge in [-0.15, -0.1) is 0 Å². The van der Waals surface area contributed by atoms with Crippen LogP contribution in [0.2, 0.25) is 0 Å². The van der Waals surface area contributed by atoms with Gasteiger partial charge in [0.05, 0.1) is 0 Å². The van der Waals surface area contributed by atoms with E-state index in [2.05, 4.69) is 43.0 Å². The molecule has 2 N–H and O–H groups in total. The van der Waals surface area contributed by atoms with E-state index in [4.69, 9.17) is 0 Å². The average Bonchev–Trinajstić information content (AvgIpc) is 2.97. The number of nitrogens with one attached hydrogen (secondary N) is 1. The van der Waals surface area contributed by atoms with Gasteiger partial charge in [0.25, 0.3) is 0 Å². The number of β-amino-alcohol motifs (C(OH)–C–C–N with tert-alkyl or cyclic N) is 1. The number of nitrogens with zero attached hydrogens (tertiary/aromatic N) is 3. The van der Waals surface area contributed by atoms with Crippen molar-refractivity contribution in [2.45, 2.75) is 12.6 Å². The zero-order valence-electron chi connectivity index (χ0n) is 11.3. The van der Waals surface area contributed by atoms with Crippen LogP contribution in [-0.2, 0) is 6.54 Å². The fraction of sp³-hybridized carbons (Fsp3) is 0.538. The van der Waals surface area contributed by atoms with Gasteiger partial charge in [-0.2, -0.15) is 0 Å². The van der Waals surface area contributed by atoms with Crippen LogP contribution in [0.1, 0.15) is 5.56 Å². The second-order valence-corrected chi connectivity index (χ2v) is 7.01. The van der Waals surface area contributed by atoms with Gasteiger partial charge in [-0.25, -0.2) is 0 Å². The summed E-state index contributed by atoms with van der Waals surface area (Å²) in [4.78, 5) is 14.1. The first kappa shape index (κ1) is 14.4. The molecule has 7 heteroatoms. The second-order valence-electron chi connectivity index (χ2n) is 5.21. The molecule has 0 aromatic carbocycles. The van der Waals surface area contributed by atoms with Crippen molar-refractivity contribution in [2.75, 3.05) is 25.1 Å². The van der Waals surface area contributed by atoms with Crippen LogP contribution in [0.5, 0.6) is 0 Å². The van der Waals surface area contributed by atoms with Gasteiger partial charge in [0.1, 0.15) is 0 Å². The van der Waals surface area contributed by atoms with Crippen LogP contribution in [0, 0.1) is 5.92 Å². The molecule has 3 rings (SSSR count). The molecule has 1 fully saturated rings. The standard InChI is InChI=1S/C13H17AsN4OS/c1-20-6-9-4-18(5-10(9)19)3-8-2-15-12-11(8)16-7-17-13(12)14/h2,7,9-10,15,19H,3-6H2,1H3/t9-,10+/m1/s1. The van der Waals surface area contributed by atoms with E-state index < -0.39 is 0 Å². The summed E-state index contributed by atoms with van der Waals surface area (Å²) in [6, 6.07) is 0. The van der Waals surface area contributed by atoms with E-state index in [0.29, 0.717) is 5.92 Å². The van der Waals surface area contributed by atoms with Crippen molar-refractivity contribution in [3.8, 4) is 0 Å². The van der Waals surface area contributed by atoms with Gasteiger partial charge in [-0.05, 0) is 0 Å². The third-order valence-corrected chi connectivity index (χ3v) is 5.25. The molecule has 3 heterocycles. The van der Waals surface area contributed by atoms with Crippen LogP contribution in [0.4, 0.5) is 0 Å². The van der Waals surface area contributed by atoms with Crippen LogP contribution in [-0.4, -0.2) is 73.0 Å². The van der Waals surface area contributed by atoms with Gasteiger partial charge in [0, 0.05) is 0 Å². The summed E-state index contributed by atoms with van der Waals surface area (Å²) in [5, 5.41) is 10.1. The number of thioether (sulfide) groups is 1. The number of aromatic nitrogens is 3. The van der Waals surface area contributed by atoms with Crippen molar-refractivity contribution in [3.05, 3.63) is 18.1 Å². The van der Waals surface area contributed by atoms with Crippen molar-refractivity contribution in [3.63, 3.8) is 0 Å². The predicted molar refractivity (Wildman–Crippen MR) is 82.4 cm³/mol. The summed E-state index contributed by atoms with van der Waals surface area (Å²) < 4.78 is 0.912. The Morgan fingerprint density at radius 1 is 1.50 bits per heavy atom. The summed E-state index contributed by atoms with van der Waals surface area (Å²) >= 11 is 4.27. The predicted octanol–water partition coefficient (Wildman–Crippen LogP) is -0.0926. The van der Waals surface area contributed by atoms with Crippen LogP contribution in [0.3, 0.4) is 0 Å². The van der Waals surface area contributed by atoms with Crippen molar-refractivity contribution < 1.29 is 5.11 Å². The molecule has 0 saturated carbocycles. The molecule has 0 bridgehead atoms. The van der Waals surface area contributed by atoms with E-state index in [9.17, 15) is 5.11 Å².